The molecular formula is C25H21N5O5. The van der Waals surface area contributed by atoms with E-state index in [-0.39, 0.29) is 11.4 Å². The predicted molar refractivity (Wildman–Crippen MR) is 124 cm³/mol. The lowest BCUT2D eigenvalue weighted by molar-refractivity contribution is -0.147. The van der Waals surface area contributed by atoms with Gasteiger partial charge in [0.1, 0.15) is 30.3 Å². The number of aromatic nitrogens is 2. The van der Waals surface area contributed by atoms with Gasteiger partial charge < -0.3 is 20.1 Å². The van der Waals surface area contributed by atoms with Crippen LogP contribution in [0.3, 0.4) is 0 Å². The van der Waals surface area contributed by atoms with Gasteiger partial charge in [0.25, 0.3) is 5.91 Å². The van der Waals surface area contributed by atoms with Gasteiger partial charge in [0, 0.05) is 0 Å². The second-order valence-corrected chi connectivity index (χ2v) is 8.43. The first kappa shape index (κ1) is 22.2. The van der Waals surface area contributed by atoms with Crippen molar-refractivity contribution in [2.24, 2.45) is 0 Å². The van der Waals surface area contributed by atoms with Crippen LogP contribution >= 0.6 is 0 Å². The van der Waals surface area contributed by atoms with E-state index in [2.05, 4.69) is 15.3 Å². The van der Waals surface area contributed by atoms with E-state index in [0.717, 1.165) is 28.9 Å². The first-order valence-corrected chi connectivity index (χ1v) is 11.1. The molecule has 0 saturated carbocycles. The lowest BCUT2D eigenvalue weighted by atomic mass is 9.76. The largest absolute Gasteiger partial charge is 0.507 e. The number of carbonyl (C=O) groups excluding carboxylic acids is 3. The minimum absolute atomic E-state index is 0.134. The molecule has 2 aromatic carbocycles. The second kappa shape index (κ2) is 8.61. The number of carbonyl (C=O) groups is 3. The van der Waals surface area contributed by atoms with Crippen molar-refractivity contribution in [1.29, 1.82) is 5.26 Å². The summed E-state index contributed by atoms with van der Waals surface area (Å²) in [6, 6.07) is 15.7. The number of benzene rings is 2. The number of aromatic amines is 1. The zero-order valence-electron chi connectivity index (χ0n) is 18.6. The number of rotatable bonds is 5. The number of aliphatic hydroxyl groups is 1. The molecule has 3 amide bonds. The number of nitrogens with one attached hydrogen (secondary N) is 2. The Morgan fingerprint density at radius 3 is 2.77 bits per heavy atom. The molecule has 35 heavy (non-hydrogen) atoms. The summed E-state index contributed by atoms with van der Waals surface area (Å²) in [5.41, 5.74) is 1.64. The van der Waals surface area contributed by atoms with E-state index in [1.807, 2.05) is 30.3 Å². The van der Waals surface area contributed by atoms with Crippen LogP contribution in [0.25, 0.3) is 16.6 Å². The maximum atomic E-state index is 13.3. The Balaban J connectivity index is 1.29. The number of fused-ring (bicyclic) bond motifs is 3. The van der Waals surface area contributed by atoms with Crippen molar-refractivity contribution < 1.29 is 24.2 Å². The molecule has 10 heteroatoms. The Hall–Kier alpha value is -4.65. The number of para-hydroxylation sites is 2. The molecule has 176 valence electrons. The van der Waals surface area contributed by atoms with Crippen molar-refractivity contribution in [1.82, 2.24) is 20.2 Å². The number of hydrogen-bond acceptors (Lipinski definition) is 7. The van der Waals surface area contributed by atoms with E-state index in [0.29, 0.717) is 17.5 Å². The first-order chi connectivity index (χ1) is 16.9. The highest BCUT2D eigenvalue weighted by Crippen LogP contribution is 2.39. The van der Waals surface area contributed by atoms with E-state index in [9.17, 15) is 24.8 Å². The van der Waals surface area contributed by atoms with E-state index >= 15 is 0 Å². The Morgan fingerprint density at radius 1 is 1.20 bits per heavy atom. The Bertz CT molecular complexity index is 1400. The number of hydrogen-bond donors (Lipinski definition) is 3. The van der Waals surface area contributed by atoms with E-state index in [4.69, 9.17) is 4.74 Å². The Morgan fingerprint density at radius 2 is 1.97 bits per heavy atom. The highest BCUT2D eigenvalue weighted by molar-refractivity contribution is 6.09. The van der Waals surface area contributed by atoms with Crippen LogP contribution < -0.4 is 5.32 Å². The van der Waals surface area contributed by atoms with Crippen LogP contribution in [0, 0.1) is 11.3 Å². The number of esters is 1. The third-order valence-electron chi connectivity index (χ3n) is 6.33. The summed E-state index contributed by atoms with van der Waals surface area (Å²) in [6.45, 7) is -1.23. The van der Waals surface area contributed by atoms with E-state index in [1.165, 1.54) is 0 Å². The molecule has 3 N–H and O–H groups in total. The molecule has 1 aromatic heterocycles. The summed E-state index contributed by atoms with van der Waals surface area (Å²) in [7, 11) is 0. The number of urea groups is 1. The summed E-state index contributed by atoms with van der Waals surface area (Å²) in [6.07, 6.45) is 1.96. The third-order valence-corrected chi connectivity index (χ3v) is 6.33. The number of amides is 3. The molecule has 2 aliphatic rings. The summed E-state index contributed by atoms with van der Waals surface area (Å²) < 4.78 is 5.07. The van der Waals surface area contributed by atoms with Crippen LogP contribution in [0.5, 0.6) is 0 Å². The van der Waals surface area contributed by atoms with Crippen molar-refractivity contribution in [3.8, 4) is 6.07 Å². The standard InChI is InChI=1S/C25H21N5O5/c26-12-16(22-27-18-9-3-4-10-19(18)28-22)20(31)14-35-21(32)13-30-23(33)25(29-24(30)34)11-5-7-15-6-1-2-8-17(15)25/h1-4,6,8-10,31H,5,7,11,13-14H2,(H,27,28)(H,29,34)/t25-/m0/s1. The van der Waals surface area contributed by atoms with Gasteiger partial charge in [0.15, 0.2) is 11.6 Å². The van der Waals surface area contributed by atoms with Crippen LogP contribution in [-0.4, -0.2) is 51.0 Å². The third kappa shape index (κ3) is 3.77. The predicted octanol–water partition coefficient (Wildman–Crippen LogP) is 2.68. The van der Waals surface area contributed by atoms with Gasteiger partial charge in [-0.05, 0) is 42.5 Å². The molecular weight excluding hydrogens is 450 g/mol. The second-order valence-electron chi connectivity index (χ2n) is 8.43. The maximum absolute atomic E-state index is 13.3. The number of aryl methyl sites for hydroxylation is 1. The molecule has 10 nitrogen and oxygen atoms in total. The van der Waals surface area contributed by atoms with Gasteiger partial charge in [-0.2, -0.15) is 5.26 Å². The van der Waals surface area contributed by atoms with Gasteiger partial charge >= 0.3 is 12.0 Å². The van der Waals surface area contributed by atoms with E-state index in [1.54, 1.807) is 24.3 Å². The summed E-state index contributed by atoms with van der Waals surface area (Å²) in [4.78, 5) is 46.4. The number of ether oxygens (including phenoxy) is 1. The van der Waals surface area contributed by atoms with Crippen molar-refractivity contribution in [3.63, 3.8) is 0 Å². The maximum Gasteiger partial charge on any atom is 0.326 e. The van der Waals surface area contributed by atoms with Gasteiger partial charge in [-0.25, -0.2) is 9.78 Å². The molecule has 2 heterocycles. The number of imidazole rings is 1. The summed E-state index contributed by atoms with van der Waals surface area (Å²) >= 11 is 0. The molecule has 5 rings (SSSR count). The summed E-state index contributed by atoms with van der Waals surface area (Å²) in [5.74, 6) is -1.78. The highest BCUT2D eigenvalue weighted by atomic mass is 16.5. The van der Waals surface area contributed by atoms with Crippen molar-refractivity contribution in [3.05, 3.63) is 71.2 Å². The number of H-pyrrole nitrogens is 1. The molecule has 1 fully saturated rings. The van der Waals surface area contributed by atoms with Crippen LogP contribution in [0.15, 0.2) is 54.3 Å². The summed E-state index contributed by atoms with van der Waals surface area (Å²) in [5, 5.41) is 22.6. The molecule has 1 spiro atoms. The van der Waals surface area contributed by atoms with Crippen molar-refractivity contribution in [2.75, 3.05) is 13.2 Å². The van der Waals surface area contributed by atoms with Gasteiger partial charge in [-0.1, -0.05) is 36.4 Å². The zero-order chi connectivity index (χ0) is 24.6. The molecule has 1 saturated heterocycles. The molecule has 3 aromatic rings. The van der Waals surface area contributed by atoms with Gasteiger partial charge in [-0.15, -0.1) is 0 Å². The molecule has 1 aliphatic carbocycles. The van der Waals surface area contributed by atoms with Crippen LogP contribution in [0.1, 0.15) is 29.8 Å². The van der Waals surface area contributed by atoms with Gasteiger partial charge in [0.05, 0.1) is 11.0 Å². The minimum atomic E-state index is -1.19. The number of imide groups is 1. The fourth-order valence-corrected chi connectivity index (χ4v) is 4.68. The topological polar surface area (TPSA) is 148 Å². The fourth-order valence-electron chi connectivity index (χ4n) is 4.68. The van der Waals surface area contributed by atoms with Gasteiger partial charge in [0.2, 0.25) is 0 Å². The van der Waals surface area contributed by atoms with Crippen molar-refractivity contribution in [2.45, 2.75) is 24.8 Å². The normalized spacial score (nSPS) is 19.8. The lowest BCUT2D eigenvalue weighted by Gasteiger charge is -2.33. The SMILES string of the molecule is N#CC(=C(O)COC(=O)CN1C(=O)N[C@]2(CCCc3ccccc32)C1=O)c1nc2ccccc2[nH]1. The molecule has 0 bridgehead atoms. The van der Waals surface area contributed by atoms with Crippen molar-refractivity contribution >= 4 is 34.5 Å². The fraction of sp³-hybridized carbons (Fsp3) is 0.240. The average Bonchev–Trinajstić information content (AvgIpc) is 3.38. The number of aliphatic hydroxyl groups excluding tert-OH is 1. The number of nitrogens with zero attached hydrogens (tertiary/aromatic N) is 3. The first-order valence-electron chi connectivity index (χ1n) is 11.1. The minimum Gasteiger partial charge on any atom is -0.507 e. The smallest absolute Gasteiger partial charge is 0.326 e. The quantitative estimate of drug-likeness (QED) is 0.224. The highest BCUT2D eigenvalue weighted by Gasteiger charge is 2.54. The monoisotopic (exact) mass is 471 g/mol. The van der Waals surface area contributed by atoms with Crippen LogP contribution in [0.2, 0.25) is 0 Å². The average molecular weight is 471 g/mol. The molecule has 1 atom stereocenters. The molecule has 0 unspecified atom stereocenters. The molecule has 0 radical (unpaired) electrons. The number of allylic oxidation sites excluding steroid dienone is 1. The van der Waals surface area contributed by atoms with Gasteiger partial charge in [-0.3, -0.25) is 14.5 Å². The Labute approximate surface area is 199 Å². The van der Waals surface area contributed by atoms with Crippen LogP contribution in [0.4, 0.5) is 4.79 Å². The number of nitriles is 1. The zero-order valence-corrected chi connectivity index (χ0v) is 18.6. The van der Waals surface area contributed by atoms with Crippen LogP contribution in [-0.2, 0) is 26.3 Å². The van der Waals surface area contributed by atoms with E-state index < -0.39 is 42.4 Å². The molecule has 1 aliphatic heterocycles. The lowest BCUT2D eigenvalue weighted by Crippen LogP contribution is -2.46. The Kier molecular flexibility index (Phi) is 5.45.